The highest BCUT2D eigenvalue weighted by molar-refractivity contribution is 9.10. The first-order valence-electron chi connectivity index (χ1n) is 9.47. The molecule has 1 saturated heterocycles. The van der Waals surface area contributed by atoms with Gasteiger partial charge in [0, 0.05) is 37.8 Å². The number of hydrogen-bond acceptors (Lipinski definition) is 5. The van der Waals surface area contributed by atoms with Gasteiger partial charge in [-0.2, -0.15) is 0 Å². The first-order valence-corrected chi connectivity index (χ1v) is 10.3. The normalized spacial score (nSPS) is 15.2. The van der Waals surface area contributed by atoms with Crippen molar-refractivity contribution in [2.24, 2.45) is 7.05 Å². The molecule has 3 heterocycles. The molecule has 2 N–H and O–H groups in total. The predicted molar refractivity (Wildman–Crippen MR) is 112 cm³/mol. The van der Waals surface area contributed by atoms with E-state index in [0.717, 1.165) is 43.6 Å². The molecule has 1 fully saturated rings. The zero-order valence-corrected chi connectivity index (χ0v) is 17.8. The summed E-state index contributed by atoms with van der Waals surface area (Å²) in [5.74, 6) is 1.36. The smallest absolute Gasteiger partial charge is 0.266 e. The number of rotatable bonds is 4. The first kappa shape index (κ1) is 20.6. The van der Waals surface area contributed by atoms with E-state index in [1.54, 1.807) is 6.20 Å². The van der Waals surface area contributed by atoms with E-state index < -0.39 is 17.8 Å². The van der Waals surface area contributed by atoms with Crippen molar-refractivity contribution in [2.45, 2.75) is 25.2 Å². The van der Waals surface area contributed by atoms with Gasteiger partial charge in [-0.1, -0.05) is 0 Å². The minimum Gasteiger partial charge on any atom is -0.383 e. The first-order chi connectivity index (χ1) is 14.3. The summed E-state index contributed by atoms with van der Waals surface area (Å²) in [4.78, 5) is 15.1. The Hall–Kier alpha value is -2.62. The van der Waals surface area contributed by atoms with E-state index in [-0.39, 0.29) is 5.92 Å². The Labute approximate surface area is 180 Å². The van der Waals surface area contributed by atoms with Crippen LogP contribution in [0.5, 0.6) is 0 Å². The highest BCUT2D eigenvalue weighted by atomic mass is 79.9. The quantitative estimate of drug-likeness (QED) is 0.586. The van der Waals surface area contributed by atoms with Gasteiger partial charge in [0.15, 0.2) is 0 Å². The third-order valence-corrected chi connectivity index (χ3v) is 6.16. The molecular weight excluding hydrogens is 461 g/mol. The van der Waals surface area contributed by atoms with Crippen molar-refractivity contribution in [1.29, 1.82) is 0 Å². The molecule has 6 nitrogen and oxygen atoms in total. The van der Waals surface area contributed by atoms with Crippen molar-refractivity contribution in [2.75, 3.05) is 23.7 Å². The number of nitrogens with zero attached hydrogens (tertiary/aromatic N) is 5. The fourth-order valence-electron chi connectivity index (χ4n) is 3.81. The molecule has 0 spiro atoms. The number of aryl methyl sites for hydroxylation is 1. The summed E-state index contributed by atoms with van der Waals surface area (Å²) >= 11 is 3.45. The minimum absolute atomic E-state index is 0.216. The van der Waals surface area contributed by atoms with Crippen LogP contribution < -0.4 is 10.6 Å². The maximum absolute atomic E-state index is 13.6. The van der Waals surface area contributed by atoms with Crippen molar-refractivity contribution in [3.05, 3.63) is 52.4 Å². The van der Waals surface area contributed by atoms with Crippen LogP contribution in [0.4, 0.5) is 24.8 Å². The Bertz CT molecular complexity index is 1060. The van der Waals surface area contributed by atoms with Gasteiger partial charge in [-0.25, -0.2) is 28.1 Å². The van der Waals surface area contributed by atoms with Gasteiger partial charge < -0.3 is 15.2 Å². The van der Waals surface area contributed by atoms with Crippen LogP contribution in [0.1, 0.15) is 36.6 Å². The van der Waals surface area contributed by atoms with E-state index in [1.807, 2.05) is 11.6 Å². The number of hydrogen-bond donors (Lipinski definition) is 1. The molecule has 30 heavy (non-hydrogen) atoms. The van der Waals surface area contributed by atoms with E-state index in [9.17, 15) is 13.2 Å². The Morgan fingerprint density at radius 2 is 1.93 bits per heavy atom. The summed E-state index contributed by atoms with van der Waals surface area (Å²) in [6, 6.07) is 3.72. The van der Waals surface area contributed by atoms with Gasteiger partial charge in [0.25, 0.3) is 6.43 Å². The van der Waals surface area contributed by atoms with E-state index in [0.29, 0.717) is 21.5 Å². The predicted octanol–water partition coefficient (Wildman–Crippen LogP) is 4.68. The van der Waals surface area contributed by atoms with Crippen LogP contribution in [-0.4, -0.2) is 32.6 Å². The lowest BCUT2D eigenvalue weighted by molar-refractivity contribution is 0.146. The lowest BCUT2D eigenvalue weighted by Gasteiger charge is -2.33. The molecular formula is C20H20BrF3N6. The minimum atomic E-state index is -2.87. The molecule has 1 aromatic carbocycles. The van der Waals surface area contributed by atoms with Gasteiger partial charge in [0.2, 0.25) is 0 Å². The van der Waals surface area contributed by atoms with Crippen molar-refractivity contribution in [1.82, 2.24) is 19.5 Å². The molecule has 4 rings (SSSR count). The molecule has 2 aromatic heterocycles. The highest BCUT2D eigenvalue weighted by Gasteiger charge is 2.27. The van der Waals surface area contributed by atoms with Crippen LogP contribution in [0.2, 0.25) is 0 Å². The average molecular weight is 481 g/mol. The molecule has 0 amide bonds. The molecule has 0 unspecified atom stereocenters. The number of piperidine rings is 1. The average Bonchev–Trinajstić information content (AvgIpc) is 3.12. The second-order valence-electron chi connectivity index (χ2n) is 7.29. The van der Waals surface area contributed by atoms with Crippen LogP contribution in [0.25, 0.3) is 11.3 Å². The van der Waals surface area contributed by atoms with E-state index in [1.165, 1.54) is 18.5 Å². The molecule has 0 bridgehead atoms. The van der Waals surface area contributed by atoms with E-state index in [2.05, 4.69) is 35.8 Å². The summed E-state index contributed by atoms with van der Waals surface area (Å²) in [7, 11) is 1.89. The summed E-state index contributed by atoms with van der Waals surface area (Å²) in [6.45, 7) is 1.54. The number of nitrogens with two attached hydrogens (primary N) is 1. The van der Waals surface area contributed by atoms with Gasteiger partial charge in [0.1, 0.15) is 34.1 Å². The molecule has 0 aliphatic carbocycles. The number of anilines is 2. The van der Waals surface area contributed by atoms with Gasteiger partial charge in [-0.15, -0.1) is 0 Å². The Morgan fingerprint density at radius 3 is 2.63 bits per heavy atom. The summed E-state index contributed by atoms with van der Waals surface area (Å²) < 4.78 is 42.3. The summed E-state index contributed by atoms with van der Waals surface area (Å²) in [5.41, 5.74) is 6.28. The standard InChI is InChI=1S/C20H20BrF3N6/c1-29-9-15(12-2-3-14(22)13(8-12)17(23)24)28-19(29)11-4-6-30(7-5-11)20-16(21)18(25)26-10-27-20/h2-3,8-11,17H,4-7H2,1H3,(H2,25,26,27). The van der Waals surface area contributed by atoms with Gasteiger partial charge >= 0.3 is 0 Å². The van der Waals surface area contributed by atoms with Crippen LogP contribution >= 0.6 is 15.9 Å². The largest absolute Gasteiger partial charge is 0.383 e. The Kier molecular flexibility index (Phi) is 5.68. The SMILES string of the molecule is Cn1cc(-c2ccc(F)c(C(F)F)c2)nc1C1CCN(c2ncnc(N)c2Br)CC1. The zero-order chi connectivity index (χ0) is 21.4. The van der Waals surface area contributed by atoms with Gasteiger partial charge in [0.05, 0.1) is 11.3 Å². The second-order valence-corrected chi connectivity index (χ2v) is 8.08. The molecule has 1 aliphatic rings. The molecule has 0 saturated carbocycles. The summed E-state index contributed by atoms with van der Waals surface area (Å²) in [6.07, 6.45) is 2.08. The lowest BCUT2D eigenvalue weighted by Crippen LogP contribution is -2.34. The maximum Gasteiger partial charge on any atom is 0.266 e. The monoisotopic (exact) mass is 480 g/mol. The van der Waals surface area contributed by atoms with Gasteiger partial charge in [-0.05, 0) is 47.0 Å². The molecule has 10 heteroatoms. The van der Waals surface area contributed by atoms with Crippen molar-refractivity contribution >= 4 is 27.6 Å². The third kappa shape index (κ3) is 3.88. The number of halogens is 4. The van der Waals surface area contributed by atoms with Crippen molar-refractivity contribution < 1.29 is 13.2 Å². The maximum atomic E-state index is 13.6. The van der Waals surface area contributed by atoms with Crippen molar-refractivity contribution in [3.63, 3.8) is 0 Å². The Balaban J connectivity index is 1.52. The number of alkyl halides is 2. The van der Waals surface area contributed by atoms with Gasteiger partial charge in [-0.3, -0.25) is 0 Å². The van der Waals surface area contributed by atoms with Crippen LogP contribution in [0.3, 0.4) is 0 Å². The van der Waals surface area contributed by atoms with E-state index in [4.69, 9.17) is 5.73 Å². The van der Waals surface area contributed by atoms with E-state index >= 15 is 0 Å². The molecule has 3 aromatic rings. The number of nitrogen functional groups attached to an aromatic ring is 1. The molecule has 0 atom stereocenters. The number of benzene rings is 1. The van der Waals surface area contributed by atoms with Crippen molar-refractivity contribution in [3.8, 4) is 11.3 Å². The molecule has 1 aliphatic heterocycles. The molecule has 158 valence electrons. The topological polar surface area (TPSA) is 72.9 Å². The van der Waals surface area contributed by atoms with Crippen LogP contribution in [0.15, 0.2) is 35.2 Å². The molecule has 0 radical (unpaired) electrons. The third-order valence-electron chi connectivity index (χ3n) is 5.40. The zero-order valence-electron chi connectivity index (χ0n) is 16.2. The highest BCUT2D eigenvalue weighted by Crippen LogP contribution is 2.35. The fraction of sp³-hybridized carbons (Fsp3) is 0.350. The summed E-state index contributed by atoms with van der Waals surface area (Å²) in [5, 5.41) is 0. The van der Waals surface area contributed by atoms with Crippen LogP contribution in [0, 0.1) is 5.82 Å². The fourth-order valence-corrected chi connectivity index (χ4v) is 4.27. The Morgan fingerprint density at radius 1 is 1.20 bits per heavy atom. The second kappa shape index (κ2) is 8.25. The lowest BCUT2D eigenvalue weighted by atomic mass is 9.96. The number of imidazole rings is 1. The number of aromatic nitrogens is 4. The van der Waals surface area contributed by atoms with Crippen LogP contribution in [-0.2, 0) is 7.05 Å².